The van der Waals surface area contributed by atoms with Gasteiger partial charge in [0.15, 0.2) is 11.8 Å². The number of oxazole rings is 1. The number of aromatic nitrogens is 4. The molecular formula is C18H24IN7O. The first kappa shape index (κ1) is 20.9. The zero-order valence-corrected chi connectivity index (χ0v) is 18.0. The van der Waals surface area contributed by atoms with Gasteiger partial charge in [0.1, 0.15) is 18.3 Å². The molecule has 2 aromatic heterocycles. The number of nitrogens with one attached hydrogen (secondary N) is 2. The van der Waals surface area contributed by atoms with Crippen LogP contribution in [0.15, 0.2) is 46.3 Å². The summed E-state index contributed by atoms with van der Waals surface area (Å²) in [6, 6.07) is 8.08. The van der Waals surface area contributed by atoms with E-state index < -0.39 is 0 Å². The van der Waals surface area contributed by atoms with Crippen LogP contribution in [-0.2, 0) is 20.1 Å². The fourth-order valence-corrected chi connectivity index (χ4v) is 2.34. The molecule has 0 saturated heterocycles. The Morgan fingerprint density at radius 2 is 2.00 bits per heavy atom. The predicted molar refractivity (Wildman–Crippen MR) is 115 cm³/mol. The highest BCUT2D eigenvalue weighted by Crippen LogP contribution is 2.19. The Morgan fingerprint density at radius 3 is 2.67 bits per heavy atom. The second kappa shape index (κ2) is 10.0. The highest BCUT2D eigenvalue weighted by atomic mass is 127. The SMILES string of the molecule is CCNC(=NCc1coc(-c2ccc(C)cc2)n1)NCc1nncn1C.I. The Hall–Kier alpha value is -2.43. The van der Waals surface area contributed by atoms with E-state index in [1.165, 1.54) is 5.56 Å². The fourth-order valence-electron chi connectivity index (χ4n) is 2.34. The number of rotatable bonds is 6. The Kier molecular flexibility index (Phi) is 7.77. The molecule has 3 aromatic rings. The largest absolute Gasteiger partial charge is 0.444 e. The van der Waals surface area contributed by atoms with Gasteiger partial charge >= 0.3 is 0 Å². The van der Waals surface area contributed by atoms with Crippen molar-refractivity contribution in [3.05, 3.63) is 53.9 Å². The van der Waals surface area contributed by atoms with Crippen molar-refractivity contribution in [1.82, 2.24) is 30.4 Å². The summed E-state index contributed by atoms with van der Waals surface area (Å²) in [5.74, 6) is 2.13. The van der Waals surface area contributed by atoms with Crippen molar-refractivity contribution in [3.63, 3.8) is 0 Å². The lowest BCUT2D eigenvalue weighted by Crippen LogP contribution is -2.37. The third-order valence-corrected chi connectivity index (χ3v) is 3.81. The molecule has 0 aliphatic carbocycles. The molecular weight excluding hydrogens is 457 g/mol. The lowest BCUT2D eigenvalue weighted by atomic mass is 10.1. The molecule has 1 aromatic carbocycles. The van der Waals surface area contributed by atoms with Crippen LogP contribution in [-0.4, -0.2) is 32.3 Å². The lowest BCUT2D eigenvalue weighted by Gasteiger charge is -2.10. The van der Waals surface area contributed by atoms with Gasteiger partial charge in [-0.25, -0.2) is 9.98 Å². The second-order valence-electron chi connectivity index (χ2n) is 5.92. The monoisotopic (exact) mass is 481 g/mol. The van der Waals surface area contributed by atoms with Crippen molar-refractivity contribution < 1.29 is 4.42 Å². The number of nitrogens with zero attached hydrogens (tertiary/aromatic N) is 5. The maximum atomic E-state index is 5.57. The summed E-state index contributed by atoms with van der Waals surface area (Å²) in [6.45, 7) is 5.79. The topological polar surface area (TPSA) is 93.2 Å². The smallest absolute Gasteiger partial charge is 0.226 e. The first-order valence-corrected chi connectivity index (χ1v) is 8.52. The molecule has 8 nitrogen and oxygen atoms in total. The summed E-state index contributed by atoms with van der Waals surface area (Å²) in [4.78, 5) is 9.06. The Bertz CT molecular complexity index is 870. The Morgan fingerprint density at radius 1 is 1.22 bits per heavy atom. The average Bonchev–Trinajstić information content (AvgIpc) is 3.27. The van der Waals surface area contributed by atoms with Crippen LogP contribution in [0.3, 0.4) is 0 Å². The number of halogens is 1. The Balaban J connectivity index is 0.00000261. The third kappa shape index (κ3) is 5.78. The number of aryl methyl sites for hydroxylation is 2. The molecule has 27 heavy (non-hydrogen) atoms. The molecule has 9 heteroatoms. The van der Waals surface area contributed by atoms with Gasteiger partial charge in [0.05, 0.1) is 13.1 Å². The van der Waals surface area contributed by atoms with Gasteiger partial charge in [-0.1, -0.05) is 17.7 Å². The molecule has 2 heterocycles. The molecule has 0 radical (unpaired) electrons. The van der Waals surface area contributed by atoms with E-state index in [2.05, 4.69) is 37.7 Å². The number of benzene rings is 1. The van der Waals surface area contributed by atoms with Crippen LogP contribution in [0.25, 0.3) is 11.5 Å². The molecule has 3 rings (SSSR count). The van der Waals surface area contributed by atoms with E-state index in [1.807, 2.05) is 42.8 Å². The minimum absolute atomic E-state index is 0. The highest BCUT2D eigenvalue weighted by Gasteiger charge is 2.07. The normalized spacial score (nSPS) is 11.1. The van der Waals surface area contributed by atoms with Crippen LogP contribution < -0.4 is 10.6 Å². The van der Waals surface area contributed by atoms with Gasteiger partial charge in [-0.05, 0) is 26.0 Å². The van der Waals surface area contributed by atoms with Crippen LogP contribution in [0.2, 0.25) is 0 Å². The molecule has 0 unspecified atom stereocenters. The molecule has 0 spiro atoms. The quantitative estimate of drug-likeness (QED) is 0.320. The van der Waals surface area contributed by atoms with Crippen LogP contribution in [0, 0.1) is 6.92 Å². The third-order valence-electron chi connectivity index (χ3n) is 3.81. The van der Waals surface area contributed by atoms with Gasteiger partial charge in [0, 0.05) is 19.2 Å². The lowest BCUT2D eigenvalue weighted by molar-refractivity contribution is 0.572. The molecule has 2 N–H and O–H groups in total. The van der Waals surface area contributed by atoms with Gasteiger partial charge < -0.3 is 19.6 Å². The van der Waals surface area contributed by atoms with Crippen LogP contribution in [0.1, 0.15) is 24.0 Å². The van der Waals surface area contributed by atoms with E-state index in [-0.39, 0.29) is 24.0 Å². The van der Waals surface area contributed by atoms with E-state index in [9.17, 15) is 0 Å². The standard InChI is InChI=1S/C18H23N7O.HI/c1-4-19-18(21-10-16-24-22-12-25(16)3)20-9-15-11-26-17(23-15)14-7-5-13(2)6-8-14;/h5-8,11-12H,4,9-10H2,1-3H3,(H2,19,20,21);1H. The van der Waals surface area contributed by atoms with E-state index in [4.69, 9.17) is 4.42 Å². The van der Waals surface area contributed by atoms with Gasteiger partial charge in [0.25, 0.3) is 0 Å². The van der Waals surface area contributed by atoms with Gasteiger partial charge in [0.2, 0.25) is 5.89 Å². The maximum absolute atomic E-state index is 5.57. The molecule has 0 saturated carbocycles. The summed E-state index contributed by atoms with van der Waals surface area (Å²) < 4.78 is 7.44. The van der Waals surface area contributed by atoms with Crippen LogP contribution in [0.5, 0.6) is 0 Å². The van der Waals surface area contributed by atoms with E-state index in [0.717, 1.165) is 23.6 Å². The van der Waals surface area contributed by atoms with Crippen molar-refractivity contribution in [3.8, 4) is 11.5 Å². The molecule has 144 valence electrons. The zero-order valence-electron chi connectivity index (χ0n) is 15.6. The van der Waals surface area contributed by atoms with Gasteiger partial charge in [-0.15, -0.1) is 34.2 Å². The van der Waals surface area contributed by atoms with Crippen molar-refractivity contribution in [1.29, 1.82) is 0 Å². The molecule has 0 amide bonds. The molecule has 0 aliphatic rings. The number of guanidine groups is 1. The van der Waals surface area contributed by atoms with Gasteiger partial charge in [-0.2, -0.15) is 0 Å². The maximum Gasteiger partial charge on any atom is 0.226 e. The van der Waals surface area contributed by atoms with E-state index in [1.54, 1.807) is 12.6 Å². The minimum Gasteiger partial charge on any atom is -0.444 e. The summed E-state index contributed by atoms with van der Waals surface area (Å²) in [5, 5.41) is 14.4. The molecule has 0 aliphatic heterocycles. The number of hydrogen-bond donors (Lipinski definition) is 2. The highest BCUT2D eigenvalue weighted by molar-refractivity contribution is 14.0. The Labute approximate surface area is 175 Å². The van der Waals surface area contributed by atoms with E-state index >= 15 is 0 Å². The molecule has 0 bridgehead atoms. The predicted octanol–water partition coefficient (Wildman–Crippen LogP) is 2.65. The molecule has 0 atom stereocenters. The first-order valence-electron chi connectivity index (χ1n) is 8.52. The van der Waals surface area contributed by atoms with Gasteiger partial charge in [-0.3, -0.25) is 0 Å². The van der Waals surface area contributed by atoms with Crippen molar-refractivity contribution in [2.45, 2.75) is 26.9 Å². The number of hydrogen-bond acceptors (Lipinski definition) is 5. The summed E-state index contributed by atoms with van der Waals surface area (Å²) in [6.07, 6.45) is 3.31. The average molecular weight is 481 g/mol. The van der Waals surface area contributed by atoms with Crippen molar-refractivity contribution in [2.75, 3.05) is 6.54 Å². The first-order chi connectivity index (χ1) is 12.7. The summed E-state index contributed by atoms with van der Waals surface area (Å²) >= 11 is 0. The van der Waals surface area contributed by atoms with Crippen LogP contribution in [0.4, 0.5) is 0 Å². The summed E-state index contributed by atoms with van der Waals surface area (Å²) in [5.41, 5.74) is 2.93. The fraction of sp³-hybridized carbons (Fsp3) is 0.333. The number of aliphatic imine (C=N–C) groups is 1. The minimum atomic E-state index is 0. The van der Waals surface area contributed by atoms with Crippen molar-refractivity contribution >= 4 is 29.9 Å². The molecule has 0 fully saturated rings. The van der Waals surface area contributed by atoms with E-state index in [0.29, 0.717) is 24.9 Å². The summed E-state index contributed by atoms with van der Waals surface area (Å²) in [7, 11) is 1.91. The second-order valence-corrected chi connectivity index (χ2v) is 5.92. The van der Waals surface area contributed by atoms with Crippen LogP contribution >= 0.6 is 24.0 Å². The van der Waals surface area contributed by atoms with Crippen molar-refractivity contribution in [2.24, 2.45) is 12.0 Å². The zero-order chi connectivity index (χ0) is 18.4.